The zero-order valence-electron chi connectivity index (χ0n) is 12.3. The standard InChI is InChI=1S/C17H22O4/c1-2-19-15-10-14(11-18)21-16(17(15)8-9-17)20-12-13-6-4-3-5-7-13/h3-7,10,15-16,18H,2,8-9,11-12H2,1H3/t15-,16-/m1/s1. The van der Waals surface area contributed by atoms with Gasteiger partial charge in [-0.3, -0.25) is 0 Å². The number of hydrogen-bond acceptors (Lipinski definition) is 4. The van der Waals surface area contributed by atoms with Crippen LogP contribution in [0, 0.1) is 5.41 Å². The molecular formula is C17H22O4. The first-order chi connectivity index (χ1) is 10.3. The zero-order chi connectivity index (χ0) is 14.7. The molecule has 1 N–H and O–H groups in total. The number of rotatable bonds is 6. The van der Waals surface area contributed by atoms with E-state index >= 15 is 0 Å². The largest absolute Gasteiger partial charge is 0.466 e. The van der Waals surface area contributed by atoms with Crippen LogP contribution in [0.3, 0.4) is 0 Å². The normalized spacial score (nSPS) is 26.3. The van der Waals surface area contributed by atoms with E-state index in [1.807, 2.05) is 43.3 Å². The second-order valence-electron chi connectivity index (χ2n) is 5.65. The fraction of sp³-hybridized carbons (Fsp3) is 0.529. The van der Waals surface area contributed by atoms with Gasteiger partial charge in [-0.1, -0.05) is 30.3 Å². The van der Waals surface area contributed by atoms with Crippen LogP contribution in [0.1, 0.15) is 25.3 Å². The Balaban J connectivity index is 1.71. The monoisotopic (exact) mass is 290 g/mol. The summed E-state index contributed by atoms with van der Waals surface area (Å²) in [5, 5.41) is 9.37. The summed E-state index contributed by atoms with van der Waals surface area (Å²) in [6, 6.07) is 10.0. The zero-order valence-corrected chi connectivity index (χ0v) is 12.3. The molecule has 114 valence electrons. The van der Waals surface area contributed by atoms with Gasteiger partial charge in [0, 0.05) is 6.61 Å². The Hall–Kier alpha value is -1.36. The Labute approximate surface area is 125 Å². The summed E-state index contributed by atoms with van der Waals surface area (Å²) in [5.41, 5.74) is 1.04. The second kappa shape index (κ2) is 6.18. The summed E-state index contributed by atoms with van der Waals surface area (Å²) < 4.78 is 17.6. The predicted octanol–water partition coefficient (Wildman–Crippen LogP) is 2.62. The Bertz CT molecular complexity index is 493. The first kappa shape index (κ1) is 14.6. The molecule has 1 spiro atoms. The number of ether oxygens (including phenoxy) is 3. The Morgan fingerprint density at radius 2 is 2.00 bits per heavy atom. The van der Waals surface area contributed by atoms with Crippen LogP contribution in [-0.2, 0) is 20.8 Å². The summed E-state index contributed by atoms with van der Waals surface area (Å²) >= 11 is 0. The van der Waals surface area contributed by atoms with Gasteiger partial charge < -0.3 is 19.3 Å². The number of hydrogen-bond donors (Lipinski definition) is 1. The molecule has 0 unspecified atom stereocenters. The first-order valence-corrected chi connectivity index (χ1v) is 7.54. The van der Waals surface area contributed by atoms with E-state index in [9.17, 15) is 5.11 Å². The summed E-state index contributed by atoms with van der Waals surface area (Å²) in [6.45, 7) is 3.01. The van der Waals surface area contributed by atoms with Gasteiger partial charge in [-0.05, 0) is 31.4 Å². The van der Waals surface area contributed by atoms with Crippen LogP contribution in [0.5, 0.6) is 0 Å². The number of benzene rings is 1. The summed E-state index contributed by atoms with van der Waals surface area (Å²) in [7, 11) is 0. The maximum atomic E-state index is 9.37. The average Bonchev–Trinajstić information content (AvgIpc) is 3.31. The minimum Gasteiger partial charge on any atom is -0.466 e. The third-order valence-corrected chi connectivity index (χ3v) is 4.21. The van der Waals surface area contributed by atoms with Gasteiger partial charge >= 0.3 is 0 Å². The molecule has 4 heteroatoms. The van der Waals surface area contributed by atoms with Crippen LogP contribution in [0.2, 0.25) is 0 Å². The molecule has 1 aliphatic heterocycles. The van der Waals surface area contributed by atoms with E-state index in [1.165, 1.54) is 0 Å². The van der Waals surface area contributed by atoms with Crippen molar-refractivity contribution < 1.29 is 19.3 Å². The molecule has 2 aliphatic rings. The van der Waals surface area contributed by atoms with Crippen LogP contribution in [-0.4, -0.2) is 30.7 Å². The molecule has 0 amide bonds. The van der Waals surface area contributed by atoms with Crippen molar-refractivity contribution in [3.8, 4) is 0 Å². The molecule has 1 aromatic carbocycles. The lowest BCUT2D eigenvalue weighted by atomic mass is 9.95. The van der Waals surface area contributed by atoms with Crippen molar-refractivity contribution >= 4 is 0 Å². The quantitative estimate of drug-likeness (QED) is 0.875. The van der Waals surface area contributed by atoms with E-state index in [4.69, 9.17) is 14.2 Å². The predicted molar refractivity (Wildman–Crippen MR) is 78.4 cm³/mol. The average molecular weight is 290 g/mol. The Kier molecular flexibility index (Phi) is 4.29. The highest BCUT2D eigenvalue weighted by molar-refractivity contribution is 5.18. The van der Waals surface area contributed by atoms with E-state index in [-0.39, 0.29) is 24.4 Å². The number of aliphatic hydroxyl groups excluding tert-OH is 1. The molecule has 2 atom stereocenters. The van der Waals surface area contributed by atoms with Gasteiger partial charge in [-0.2, -0.15) is 0 Å². The molecule has 0 saturated heterocycles. The number of aliphatic hydroxyl groups is 1. The second-order valence-corrected chi connectivity index (χ2v) is 5.65. The molecule has 1 aromatic rings. The van der Waals surface area contributed by atoms with E-state index in [0.29, 0.717) is 19.0 Å². The van der Waals surface area contributed by atoms with Crippen molar-refractivity contribution in [3.63, 3.8) is 0 Å². The van der Waals surface area contributed by atoms with Crippen molar-refractivity contribution in [2.75, 3.05) is 13.2 Å². The molecule has 1 heterocycles. The van der Waals surface area contributed by atoms with E-state index in [0.717, 1.165) is 18.4 Å². The van der Waals surface area contributed by atoms with Gasteiger partial charge in [0.25, 0.3) is 0 Å². The Morgan fingerprint density at radius 3 is 2.62 bits per heavy atom. The highest BCUT2D eigenvalue weighted by Crippen LogP contribution is 2.57. The minimum absolute atomic E-state index is 0.0285. The third-order valence-electron chi connectivity index (χ3n) is 4.21. The molecule has 0 bridgehead atoms. The topological polar surface area (TPSA) is 47.9 Å². The van der Waals surface area contributed by atoms with Crippen molar-refractivity contribution in [1.82, 2.24) is 0 Å². The van der Waals surface area contributed by atoms with Crippen LogP contribution < -0.4 is 0 Å². The molecule has 1 saturated carbocycles. The van der Waals surface area contributed by atoms with Gasteiger partial charge in [0.15, 0.2) is 0 Å². The highest BCUT2D eigenvalue weighted by Gasteiger charge is 2.59. The molecule has 0 radical (unpaired) electrons. The minimum atomic E-state index is -0.346. The molecule has 3 rings (SSSR count). The van der Waals surface area contributed by atoms with E-state index in [2.05, 4.69) is 0 Å². The van der Waals surface area contributed by atoms with Gasteiger partial charge in [0.1, 0.15) is 12.4 Å². The third kappa shape index (κ3) is 2.98. The maximum absolute atomic E-state index is 9.37. The van der Waals surface area contributed by atoms with Gasteiger partial charge in [0.2, 0.25) is 6.29 Å². The first-order valence-electron chi connectivity index (χ1n) is 7.54. The van der Waals surface area contributed by atoms with E-state index < -0.39 is 0 Å². The molecule has 1 fully saturated rings. The summed E-state index contributed by atoms with van der Waals surface area (Å²) in [5.74, 6) is 0.545. The van der Waals surface area contributed by atoms with Gasteiger partial charge in [0.05, 0.1) is 18.1 Å². The maximum Gasteiger partial charge on any atom is 0.208 e. The van der Waals surface area contributed by atoms with Crippen molar-refractivity contribution in [1.29, 1.82) is 0 Å². The Morgan fingerprint density at radius 1 is 1.24 bits per heavy atom. The summed E-state index contributed by atoms with van der Waals surface area (Å²) in [4.78, 5) is 0. The van der Waals surface area contributed by atoms with Gasteiger partial charge in [-0.25, -0.2) is 0 Å². The molecule has 4 nitrogen and oxygen atoms in total. The lowest BCUT2D eigenvalue weighted by Crippen LogP contribution is -2.42. The van der Waals surface area contributed by atoms with Crippen molar-refractivity contribution in [3.05, 3.63) is 47.7 Å². The smallest absolute Gasteiger partial charge is 0.208 e. The molecule has 1 aliphatic carbocycles. The van der Waals surface area contributed by atoms with Crippen LogP contribution >= 0.6 is 0 Å². The lowest BCUT2D eigenvalue weighted by molar-refractivity contribution is -0.203. The SMILES string of the molecule is CCO[C@@H]1C=C(CO)O[C@@H](OCc2ccccc2)C12CC2. The van der Waals surface area contributed by atoms with E-state index in [1.54, 1.807) is 0 Å². The fourth-order valence-corrected chi connectivity index (χ4v) is 2.86. The van der Waals surface area contributed by atoms with Crippen LogP contribution in [0.25, 0.3) is 0 Å². The summed E-state index contributed by atoms with van der Waals surface area (Å²) in [6.07, 6.45) is 3.60. The highest BCUT2D eigenvalue weighted by atomic mass is 16.7. The lowest BCUT2D eigenvalue weighted by Gasteiger charge is -2.37. The molecule has 0 aromatic heterocycles. The molecular weight excluding hydrogens is 268 g/mol. The van der Waals surface area contributed by atoms with Crippen LogP contribution in [0.4, 0.5) is 0 Å². The fourth-order valence-electron chi connectivity index (χ4n) is 2.86. The molecule has 21 heavy (non-hydrogen) atoms. The van der Waals surface area contributed by atoms with Crippen LogP contribution in [0.15, 0.2) is 42.2 Å². The van der Waals surface area contributed by atoms with Crippen molar-refractivity contribution in [2.24, 2.45) is 5.41 Å². The van der Waals surface area contributed by atoms with Crippen molar-refractivity contribution in [2.45, 2.75) is 38.8 Å². The van der Waals surface area contributed by atoms with Gasteiger partial charge in [-0.15, -0.1) is 0 Å².